The van der Waals surface area contributed by atoms with E-state index in [1.54, 1.807) is 6.07 Å². The van der Waals surface area contributed by atoms with Crippen molar-refractivity contribution in [2.45, 2.75) is 38.9 Å². The molecular weight excluding hydrogens is 279 g/mol. The Morgan fingerprint density at radius 1 is 1.05 bits per heavy atom. The molecule has 0 aliphatic carbocycles. The third kappa shape index (κ3) is 2.38. The van der Waals surface area contributed by atoms with Crippen LogP contribution in [0.3, 0.4) is 0 Å². The summed E-state index contributed by atoms with van der Waals surface area (Å²) < 4.78 is 13.9. The van der Waals surface area contributed by atoms with Crippen molar-refractivity contribution < 1.29 is 9.31 Å². The topological polar surface area (TPSA) is 52.8 Å². The van der Waals surface area contributed by atoms with Crippen LogP contribution in [-0.4, -0.2) is 22.9 Å². The first-order chi connectivity index (χ1) is 10.3. The highest BCUT2D eigenvalue weighted by atomic mass is 16.7. The summed E-state index contributed by atoms with van der Waals surface area (Å²) >= 11 is 0. The monoisotopic (exact) mass is 298 g/mol. The lowest BCUT2D eigenvalue weighted by Gasteiger charge is -2.32. The number of aromatic nitrogens is 1. The zero-order valence-corrected chi connectivity index (χ0v) is 13.2. The Bertz CT molecular complexity index is 679. The van der Waals surface area contributed by atoms with E-state index in [-0.39, 0.29) is 0 Å². The lowest BCUT2D eigenvalue weighted by atomic mass is 9.79. The molecule has 0 bridgehead atoms. The van der Waals surface area contributed by atoms with Crippen LogP contribution in [-0.2, 0) is 9.31 Å². The SMILES string of the molecule is CC1(C)OB(c2ccc(-n3cccc3)c(N=O)c2)OC1(C)C. The van der Waals surface area contributed by atoms with Gasteiger partial charge in [-0.25, -0.2) is 0 Å². The zero-order valence-electron chi connectivity index (χ0n) is 13.2. The molecule has 1 aromatic heterocycles. The van der Waals surface area contributed by atoms with Crippen molar-refractivity contribution in [3.63, 3.8) is 0 Å². The smallest absolute Gasteiger partial charge is 0.399 e. The van der Waals surface area contributed by atoms with Crippen LogP contribution >= 0.6 is 0 Å². The Morgan fingerprint density at radius 2 is 1.64 bits per heavy atom. The molecule has 1 fully saturated rings. The largest absolute Gasteiger partial charge is 0.494 e. The third-order valence-corrected chi connectivity index (χ3v) is 4.51. The Labute approximate surface area is 130 Å². The first-order valence-electron chi connectivity index (χ1n) is 7.30. The summed E-state index contributed by atoms with van der Waals surface area (Å²) in [6.07, 6.45) is 3.75. The summed E-state index contributed by atoms with van der Waals surface area (Å²) in [5, 5.41) is 3.15. The van der Waals surface area contributed by atoms with E-state index in [0.29, 0.717) is 5.69 Å². The normalized spacial score (nSPS) is 19.4. The lowest BCUT2D eigenvalue weighted by Crippen LogP contribution is -2.41. The Kier molecular flexibility index (Phi) is 3.46. The fourth-order valence-corrected chi connectivity index (χ4v) is 2.45. The van der Waals surface area contributed by atoms with Crippen LogP contribution in [0.2, 0.25) is 0 Å². The molecule has 0 unspecified atom stereocenters. The second-order valence-corrected chi connectivity index (χ2v) is 6.52. The second kappa shape index (κ2) is 5.07. The summed E-state index contributed by atoms with van der Waals surface area (Å²) in [5.41, 5.74) is 1.07. The Balaban J connectivity index is 1.96. The zero-order chi connectivity index (χ0) is 16.0. The molecule has 1 aliphatic heterocycles. The number of nitrogens with zero attached hydrogens (tertiary/aromatic N) is 2. The summed E-state index contributed by atoms with van der Waals surface area (Å²) in [6, 6.07) is 9.29. The molecule has 5 nitrogen and oxygen atoms in total. The predicted molar refractivity (Wildman–Crippen MR) is 86.9 cm³/mol. The van der Waals surface area contributed by atoms with Crippen LogP contribution in [0.15, 0.2) is 47.9 Å². The van der Waals surface area contributed by atoms with E-state index in [4.69, 9.17) is 9.31 Å². The van der Waals surface area contributed by atoms with Crippen molar-refractivity contribution in [3.05, 3.63) is 47.6 Å². The van der Waals surface area contributed by atoms with Gasteiger partial charge >= 0.3 is 7.12 Å². The van der Waals surface area contributed by atoms with Crippen molar-refractivity contribution in [1.29, 1.82) is 0 Å². The molecule has 3 rings (SSSR count). The number of nitroso groups, excluding NO2 is 1. The average Bonchev–Trinajstić information content (AvgIpc) is 3.05. The fraction of sp³-hybridized carbons (Fsp3) is 0.375. The van der Waals surface area contributed by atoms with Crippen LogP contribution in [0.1, 0.15) is 27.7 Å². The maximum Gasteiger partial charge on any atom is 0.494 e. The minimum Gasteiger partial charge on any atom is -0.399 e. The van der Waals surface area contributed by atoms with E-state index >= 15 is 0 Å². The molecule has 22 heavy (non-hydrogen) atoms. The van der Waals surface area contributed by atoms with Gasteiger partial charge in [-0.1, -0.05) is 6.07 Å². The van der Waals surface area contributed by atoms with E-state index in [2.05, 4.69) is 5.18 Å². The highest BCUT2D eigenvalue weighted by molar-refractivity contribution is 6.62. The second-order valence-electron chi connectivity index (χ2n) is 6.52. The maximum atomic E-state index is 11.2. The van der Waals surface area contributed by atoms with Gasteiger partial charge in [-0.3, -0.25) is 0 Å². The van der Waals surface area contributed by atoms with Crippen LogP contribution in [0.5, 0.6) is 0 Å². The standard InChI is InChI=1S/C16H19BN2O3/c1-15(2)16(3,4)22-17(21-15)12-7-8-14(13(11-12)18-20)19-9-5-6-10-19/h5-11H,1-4H3. The number of rotatable bonds is 3. The molecule has 6 heteroatoms. The lowest BCUT2D eigenvalue weighted by molar-refractivity contribution is 0.00578. The van der Waals surface area contributed by atoms with E-state index < -0.39 is 18.3 Å². The molecule has 1 saturated heterocycles. The minimum atomic E-state index is -0.496. The third-order valence-electron chi connectivity index (χ3n) is 4.51. The molecule has 0 radical (unpaired) electrons. The average molecular weight is 298 g/mol. The van der Waals surface area contributed by atoms with Gasteiger partial charge in [0.1, 0.15) is 5.69 Å². The van der Waals surface area contributed by atoms with Gasteiger partial charge in [0, 0.05) is 12.4 Å². The van der Waals surface area contributed by atoms with E-state index in [9.17, 15) is 4.91 Å². The molecule has 0 spiro atoms. The highest BCUT2D eigenvalue weighted by Gasteiger charge is 2.51. The molecule has 2 heterocycles. The molecule has 0 atom stereocenters. The Morgan fingerprint density at radius 3 is 2.18 bits per heavy atom. The van der Waals surface area contributed by atoms with Gasteiger partial charge in [-0.2, -0.15) is 0 Å². The van der Waals surface area contributed by atoms with E-state index in [1.165, 1.54) is 0 Å². The van der Waals surface area contributed by atoms with Gasteiger partial charge in [0.2, 0.25) is 0 Å². The van der Waals surface area contributed by atoms with E-state index in [0.717, 1.165) is 11.2 Å². The van der Waals surface area contributed by atoms with Crippen LogP contribution < -0.4 is 5.46 Å². The minimum absolute atomic E-state index is 0.364. The van der Waals surface area contributed by atoms with Crippen molar-refractivity contribution in [2.24, 2.45) is 5.18 Å². The van der Waals surface area contributed by atoms with Gasteiger partial charge in [-0.15, -0.1) is 4.91 Å². The number of hydrogen-bond donors (Lipinski definition) is 0. The molecular formula is C16H19BN2O3. The quantitative estimate of drug-likeness (QED) is 0.646. The van der Waals surface area contributed by atoms with Gasteiger partial charge in [0.05, 0.1) is 16.9 Å². The summed E-state index contributed by atoms with van der Waals surface area (Å²) in [5.74, 6) is 0. The molecule has 1 aromatic carbocycles. The van der Waals surface area contributed by atoms with Crippen LogP contribution in [0.4, 0.5) is 5.69 Å². The fourth-order valence-electron chi connectivity index (χ4n) is 2.45. The van der Waals surface area contributed by atoms with Crippen LogP contribution in [0, 0.1) is 4.91 Å². The predicted octanol–water partition coefficient (Wildman–Crippen LogP) is 3.17. The van der Waals surface area contributed by atoms with Gasteiger partial charge in [0.25, 0.3) is 0 Å². The van der Waals surface area contributed by atoms with Gasteiger partial charge < -0.3 is 13.9 Å². The van der Waals surface area contributed by atoms with Gasteiger partial charge in [0.15, 0.2) is 0 Å². The van der Waals surface area contributed by atoms with Crippen molar-refractivity contribution in [1.82, 2.24) is 4.57 Å². The highest BCUT2D eigenvalue weighted by Crippen LogP contribution is 2.37. The van der Waals surface area contributed by atoms with Crippen molar-refractivity contribution in [2.75, 3.05) is 0 Å². The molecule has 0 N–H and O–H groups in total. The maximum absolute atomic E-state index is 11.2. The number of benzene rings is 1. The molecule has 1 aliphatic rings. The Hall–Kier alpha value is -1.92. The van der Waals surface area contributed by atoms with Gasteiger partial charge in [-0.05, 0) is 62.6 Å². The number of hydrogen-bond acceptors (Lipinski definition) is 4. The van der Waals surface area contributed by atoms with E-state index in [1.807, 2.05) is 68.9 Å². The molecule has 2 aromatic rings. The first-order valence-corrected chi connectivity index (χ1v) is 7.30. The summed E-state index contributed by atoms with van der Waals surface area (Å²) in [6.45, 7) is 8.00. The molecule has 114 valence electrons. The summed E-state index contributed by atoms with van der Waals surface area (Å²) in [4.78, 5) is 11.2. The first kappa shape index (κ1) is 15.0. The summed E-state index contributed by atoms with van der Waals surface area (Å²) in [7, 11) is -0.496. The molecule has 0 amide bonds. The van der Waals surface area contributed by atoms with Crippen molar-refractivity contribution in [3.8, 4) is 5.69 Å². The van der Waals surface area contributed by atoms with Crippen LogP contribution in [0.25, 0.3) is 5.69 Å². The molecule has 0 saturated carbocycles. The van der Waals surface area contributed by atoms with Crippen molar-refractivity contribution >= 4 is 18.3 Å².